The molecule has 0 radical (unpaired) electrons. The van der Waals surface area contributed by atoms with E-state index in [4.69, 9.17) is 5.73 Å². The van der Waals surface area contributed by atoms with Gasteiger partial charge in [-0.25, -0.2) is 0 Å². The molecule has 94 valence electrons. The number of rotatable bonds is 3. The maximum Gasteiger partial charge on any atom is 0.263 e. The van der Waals surface area contributed by atoms with Gasteiger partial charge in [-0.3, -0.25) is 4.79 Å². The summed E-state index contributed by atoms with van der Waals surface area (Å²) >= 11 is 1.41. The van der Waals surface area contributed by atoms with Gasteiger partial charge in [0.2, 0.25) is 0 Å². The molecule has 0 saturated carbocycles. The molecule has 17 heavy (non-hydrogen) atoms. The van der Waals surface area contributed by atoms with Gasteiger partial charge in [-0.1, -0.05) is 0 Å². The molecule has 6 heteroatoms. The fourth-order valence-corrected chi connectivity index (χ4v) is 3.02. The molecule has 2 heterocycles. The predicted molar refractivity (Wildman–Crippen MR) is 71.6 cm³/mol. The third kappa shape index (κ3) is 2.70. The molecule has 2 rings (SSSR count). The summed E-state index contributed by atoms with van der Waals surface area (Å²) in [6, 6.07) is 2.30. The number of hydrogen-bond acceptors (Lipinski definition) is 5. The van der Waals surface area contributed by atoms with Gasteiger partial charge >= 0.3 is 0 Å². The quantitative estimate of drug-likeness (QED) is 0.746. The van der Waals surface area contributed by atoms with Crippen LogP contribution < -0.4 is 16.4 Å². The molecule has 1 saturated heterocycles. The lowest BCUT2D eigenvalue weighted by Crippen LogP contribution is -2.22. The Morgan fingerprint density at radius 1 is 1.65 bits per heavy atom. The Morgan fingerprint density at radius 2 is 2.41 bits per heavy atom. The van der Waals surface area contributed by atoms with Gasteiger partial charge in [-0.2, -0.15) is 0 Å². The Bertz CT molecular complexity index is 418. The second-order valence-corrected chi connectivity index (χ2v) is 5.42. The van der Waals surface area contributed by atoms with Crippen LogP contribution in [-0.4, -0.2) is 44.0 Å². The van der Waals surface area contributed by atoms with Crippen LogP contribution in [0.1, 0.15) is 16.1 Å². The summed E-state index contributed by atoms with van der Waals surface area (Å²) in [6.07, 6.45) is 1.13. The van der Waals surface area contributed by atoms with Crippen molar-refractivity contribution >= 4 is 27.9 Å². The molecule has 0 bridgehead atoms. The largest absolute Gasteiger partial charge is 0.397 e. The molecule has 5 nitrogen and oxygen atoms in total. The normalized spacial score (nSPS) is 20.5. The van der Waals surface area contributed by atoms with E-state index in [1.165, 1.54) is 11.3 Å². The van der Waals surface area contributed by atoms with Crippen LogP contribution in [0.5, 0.6) is 0 Å². The minimum atomic E-state index is -0.121. The van der Waals surface area contributed by atoms with E-state index in [1.54, 1.807) is 7.05 Å². The number of hydrogen-bond donors (Lipinski definition) is 3. The second-order valence-electron chi connectivity index (χ2n) is 4.37. The molecular formula is C11H18N4OS. The molecule has 1 atom stereocenters. The number of carbonyl (C=O) groups excluding carboxylic acids is 1. The first-order valence-electron chi connectivity index (χ1n) is 5.66. The number of thiophene rings is 1. The number of anilines is 2. The van der Waals surface area contributed by atoms with Crippen LogP contribution in [0.4, 0.5) is 10.7 Å². The zero-order valence-corrected chi connectivity index (χ0v) is 10.9. The topological polar surface area (TPSA) is 70.4 Å². The van der Waals surface area contributed by atoms with Crippen LogP contribution in [-0.2, 0) is 0 Å². The fourth-order valence-electron chi connectivity index (χ4n) is 2.02. The highest BCUT2D eigenvalue weighted by Crippen LogP contribution is 2.30. The summed E-state index contributed by atoms with van der Waals surface area (Å²) in [5.74, 6) is -0.121. The zero-order chi connectivity index (χ0) is 12.4. The molecule has 1 fully saturated rings. The lowest BCUT2D eigenvalue weighted by atomic mass is 10.2. The van der Waals surface area contributed by atoms with Crippen molar-refractivity contribution in [1.82, 2.24) is 10.2 Å². The number of nitrogens with two attached hydrogens (primary N) is 1. The van der Waals surface area contributed by atoms with Crippen LogP contribution in [0.2, 0.25) is 0 Å². The number of amides is 1. The SMILES string of the molecule is CNC(=O)c1sc(NC2CCN(C)C2)cc1N. The van der Waals surface area contributed by atoms with Gasteiger partial charge in [0.25, 0.3) is 5.91 Å². The smallest absolute Gasteiger partial charge is 0.263 e. The molecule has 1 aliphatic heterocycles. The minimum Gasteiger partial charge on any atom is -0.397 e. The lowest BCUT2D eigenvalue weighted by Gasteiger charge is -2.11. The molecule has 0 aromatic carbocycles. The average molecular weight is 254 g/mol. The van der Waals surface area contributed by atoms with Gasteiger partial charge in [0.05, 0.1) is 10.7 Å². The summed E-state index contributed by atoms with van der Waals surface area (Å²) < 4.78 is 0. The van der Waals surface area contributed by atoms with E-state index in [9.17, 15) is 4.79 Å². The number of likely N-dealkylation sites (tertiary alicyclic amines) is 1. The van der Waals surface area contributed by atoms with Crippen molar-refractivity contribution in [2.24, 2.45) is 0 Å². The Hall–Kier alpha value is -1.27. The van der Waals surface area contributed by atoms with Gasteiger partial charge in [0.15, 0.2) is 0 Å². The molecular weight excluding hydrogens is 236 g/mol. The maximum absolute atomic E-state index is 11.5. The van der Waals surface area contributed by atoms with E-state index in [0.717, 1.165) is 24.5 Å². The van der Waals surface area contributed by atoms with Gasteiger partial charge in [-0.05, 0) is 26.1 Å². The van der Waals surface area contributed by atoms with E-state index in [1.807, 2.05) is 6.07 Å². The third-order valence-electron chi connectivity index (χ3n) is 2.93. The number of likely N-dealkylation sites (N-methyl/N-ethyl adjacent to an activating group) is 1. The van der Waals surface area contributed by atoms with E-state index < -0.39 is 0 Å². The minimum absolute atomic E-state index is 0.121. The van der Waals surface area contributed by atoms with Gasteiger partial charge in [-0.15, -0.1) is 11.3 Å². The maximum atomic E-state index is 11.5. The van der Waals surface area contributed by atoms with Crippen molar-refractivity contribution in [3.63, 3.8) is 0 Å². The molecule has 1 aliphatic rings. The van der Waals surface area contributed by atoms with Gasteiger partial charge in [0.1, 0.15) is 4.88 Å². The van der Waals surface area contributed by atoms with Crippen molar-refractivity contribution in [3.05, 3.63) is 10.9 Å². The van der Waals surface area contributed by atoms with Crippen molar-refractivity contribution < 1.29 is 4.79 Å². The highest BCUT2D eigenvalue weighted by molar-refractivity contribution is 7.18. The standard InChI is InChI=1S/C11H18N4OS/c1-13-11(16)10-8(12)5-9(17-10)14-7-3-4-15(2)6-7/h5,7,14H,3-4,6,12H2,1-2H3,(H,13,16). The van der Waals surface area contributed by atoms with Crippen LogP contribution in [0, 0.1) is 0 Å². The first-order valence-corrected chi connectivity index (χ1v) is 6.48. The van der Waals surface area contributed by atoms with Crippen LogP contribution in [0.3, 0.4) is 0 Å². The average Bonchev–Trinajstić information content (AvgIpc) is 2.85. The molecule has 1 aromatic heterocycles. The molecule has 0 aliphatic carbocycles. The Balaban J connectivity index is 2.05. The Morgan fingerprint density at radius 3 is 3.00 bits per heavy atom. The summed E-state index contributed by atoms with van der Waals surface area (Å²) in [6.45, 7) is 2.15. The highest BCUT2D eigenvalue weighted by atomic mass is 32.1. The Kier molecular flexibility index (Phi) is 3.54. The highest BCUT2D eigenvalue weighted by Gasteiger charge is 2.21. The Labute approximate surface area is 105 Å². The van der Waals surface area contributed by atoms with Crippen LogP contribution >= 0.6 is 11.3 Å². The van der Waals surface area contributed by atoms with Gasteiger partial charge in [0, 0.05) is 19.6 Å². The summed E-state index contributed by atoms with van der Waals surface area (Å²) in [5, 5.41) is 6.99. The molecule has 4 N–H and O–H groups in total. The zero-order valence-electron chi connectivity index (χ0n) is 10.1. The van der Waals surface area contributed by atoms with Crippen molar-refractivity contribution in [3.8, 4) is 0 Å². The first-order chi connectivity index (χ1) is 8.10. The summed E-state index contributed by atoms with van der Waals surface area (Å²) in [7, 11) is 3.72. The fraction of sp³-hybridized carbons (Fsp3) is 0.545. The van der Waals surface area contributed by atoms with E-state index in [-0.39, 0.29) is 5.91 Å². The molecule has 1 aromatic rings. The summed E-state index contributed by atoms with van der Waals surface area (Å²) in [4.78, 5) is 14.4. The molecule has 1 amide bonds. The van der Waals surface area contributed by atoms with Crippen LogP contribution in [0.25, 0.3) is 0 Å². The summed E-state index contributed by atoms with van der Waals surface area (Å²) in [5.41, 5.74) is 6.36. The van der Waals surface area contributed by atoms with Crippen molar-refractivity contribution in [2.75, 3.05) is 38.2 Å². The lowest BCUT2D eigenvalue weighted by molar-refractivity contribution is 0.0968. The predicted octanol–water partition coefficient (Wildman–Crippen LogP) is 0.806. The van der Waals surface area contributed by atoms with Crippen molar-refractivity contribution in [2.45, 2.75) is 12.5 Å². The molecule has 0 spiro atoms. The molecule has 1 unspecified atom stereocenters. The second kappa shape index (κ2) is 4.93. The third-order valence-corrected chi connectivity index (χ3v) is 4.01. The van der Waals surface area contributed by atoms with E-state index in [0.29, 0.717) is 16.6 Å². The number of carbonyl (C=O) groups is 1. The van der Waals surface area contributed by atoms with E-state index >= 15 is 0 Å². The first kappa shape index (κ1) is 12.2. The van der Waals surface area contributed by atoms with Crippen LogP contribution in [0.15, 0.2) is 6.07 Å². The number of nitrogen functional groups attached to an aromatic ring is 1. The number of nitrogens with one attached hydrogen (secondary N) is 2. The number of nitrogens with zero attached hydrogens (tertiary/aromatic N) is 1. The van der Waals surface area contributed by atoms with E-state index in [2.05, 4.69) is 22.6 Å². The monoisotopic (exact) mass is 254 g/mol. The van der Waals surface area contributed by atoms with Gasteiger partial charge < -0.3 is 21.3 Å². The van der Waals surface area contributed by atoms with Crippen molar-refractivity contribution in [1.29, 1.82) is 0 Å².